The predicted octanol–water partition coefficient (Wildman–Crippen LogP) is 0.470. The molecule has 0 bridgehead atoms. The number of H-pyrrole nitrogens is 1. The summed E-state index contributed by atoms with van der Waals surface area (Å²) in [6.45, 7) is 0. The van der Waals surface area contributed by atoms with E-state index in [1.165, 1.54) is 0 Å². The zero-order chi connectivity index (χ0) is 8.10. The highest BCUT2D eigenvalue weighted by molar-refractivity contribution is 7.80. The van der Waals surface area contributed by atoms with Crippen molar-refractivity contribution in [3.05, 3.63) is 18.0 Å². The highest BCUT2D eigenvalue weighted by atomic mass is 32.1. The zero-order valence-electron chi connectivity index (χ0n) is 6.54. The molecule has 0 amide bonds. The van der Waals surface area contributed by atoms with Crippen molar-refractivity contribution in [3.8, 4) is 0 Å². The van der Waals surface area contributed by atoms with Gasteiger partial charge in [-0.3, -0.25) is 5.10 Å². The van der Waals surface area contributed by atoms with E-state index in [1.54, 1.807) is 6.20 Å². The molecule has 4 heteroatoms. The standard InChI is InChI=1S/C7H13N3S/c1-8-7(5-11)4-6-2-3-9-10-6/h2-3,7-8,11H,4-5H2,1H3,(H,9,10)/t7-/m0/s1. The average Bonchev–Trinajstić information content (AvgIpc) is 2.52. The van der Waals surface area contributed by atoms with Crippen LogP contribution in [0.5, 0.6) is 0 Å². The van der Waals surface area contributed by atoms with Gasteiger partial charge in [-0.1, -0.05) is 0 Å². The molecule has 1 rings (SSSR count). The van der Waals surface area contributed by atoms with Gasteiger partial charge in [0.25, 0.3) is 0 Å². The van der Waals surface area contributed by atoms with E-state index in [9.17, 15) is 0 Å². The van der Waals surface area contributed by atoms with Gasteiger partial charge in [-0.05, 0) is 13.1 Å². The minimum absolute atomic E-state index is 0.429. The molecule has 1 heterocycles. The van der Waals surface area contributed by atoms with E-state index in [2.05, 4.69) is 28.1 Å². The van der Waals surface area contributed by atoms with Gasteiger partial charge in [-0.25, -0.2) is 0 Å². The number of aromatic nitrogens is 2. The van der Waals surface area contributed by atoms with Crippen LogP contribution < -0.4 is 5.32 Å². The highest BCUT2D eigenvalue weighted by Crippen LogP contribution is 1.99. The summed E-state index contributed by atoms with van der Waals surface area (Å²) < 4.78 is 0. The molecule has 1 aromatic heterocycles. The molecule has 0 fully saturated rings. The Morgan fingerprint density at radius 2 is 2.64 bits per heavy atom. The quantitative estimate of drug-likeness (QED) is 0.576. The molecule has 0 aliphatic heterocycles. The molecule has 0 unspecified atom stereocenters. The van der Waals surface area contributed by atoms with Crippen molar-refractivity contribution < 1.29 is 0 Å². The van der Waals surface area contributed by atoms with Crippen molar-refractivity contribution in [2.45, 2.75) is 12.5 Å². The smallest absolute Gasteiger partial charge is 0.0490 e. The number of thiol groups is 1. The van der Waals surface area contributed by atoms with Crippen LogP contribution >= 0.6 is 12.6 Å². The maximum atomic E-state index is 4.21. The molecule has 3 nitrogen and oxygen atoms in total. The van der Waals surface area contributed by atoms with Crippen molar-refractivity contribution >= 4 is 12.6 Å². The van der Waals surface area contributed by atoms with Crippen LogP contribution in [0.3, 0.4) is 0 Å². The highest BCUT2D eigenvalue weighted by Gasteiger charge is 2.04. The van der Waals surface area contributed by atoms with Crippen LogP contribution in [-0.4, -0.2) is 29.0 Å². The second-order valence-corrected chi connectivity index (χ2v) is 2.82. The lowest BCUT2D eigenvalue weighted by atomic mass is 10.2. The Labute approximate surface area is 72.0 Å². The number of hydrogen-bond acceptors (Lipinski definition) is 3. The lowest BCUT2D eigenvalue weighted by Crippen LogP contribution is -2.29. The summed E-state index contributed by atoms with van der Waals surface area (Å²) in [4.78, 5) is 0. The Bertz CT molecular complexity index is 182. The topological polar surface area (TPSA) is 40.7 Å². The summed E-state index contributed by atoms with van der Waals surface area (Å²) >= 11 is 4.21. The molecule has 0 radical (unpaired) electrons. The molecule has 0 spiro atoms. The molecule has 62 valence electrons. The van der Waals surface area contributed by atoms with Crippen molar-refractivity contribution in [1.29, 1.82) is 0 Å². The molecular formula is C7H13N3S. The van der Waals surface area contributed by atoms with Crippen LogP contribution in [0.4, 0.5) is 0 Å². The van der Waals surface area contributed by atoms with Gasteiger partial charge in [-0.2, -0.15) is 17.7 Å². The Morgan fingerprint density at radius 1 is 1.82 bits per heavy atom. The Morgan fingerprint density at radius 3 is 3.09 bits per heavy atom. The van der Waals surface area contributed by atoms with E-state index in [4.69, 9.17) is 0 Å². The molecule has 0 saturated heterocycles. The molecule has 11 heavy (non-hydrogen) atoms. The SMILES string of the molecule is CN[C@H](CS)Cc1ccn[nH]1. The molecule has 0 saturated carbocycles. The summed E-state index contributed by atoms with van der Waals surface area (Å²) in [5.74, 6) is 0.843. The number of nitrogens with one attached hydrogen (secondary N) is 2. The van der Waals surface area contributed by atoms with Crippen LogP contribution in [0.15, 0.2) is 12.3 Å². The van der Waals surface area contributed by atoms with Gasteiger partial charge in [-0.15, -0.1) is 0 Å². The Kier molecular flexibility index (Phi) is 3.45. The molecule has 2 N–H and O–H groups in total. The van der Waals surface area contributed by atoms with Gasteiger partial charge in [0, 0.05) is 30.1 Å². The fourth-order valence-electron chi connectivity index (χ4n) is 0.922. The van der Waals surface area contributed by atoms with Crippen LogP contribution in [0.2, 0.25) is 0 Å². The Hall–Kier alpha value is -0.480. The van der Waals surface area contributed by atoms with E-state index in [0.717, 1.165) is 17.9 Å². The minimum atomic E-state index is 0.429. The van der Waals surface area contributed by atoms with E-state index in [1.807, 2.05) is 13.1 Å². The van der Waals surface area contributed by atoms with Gasteiger partial charge in [0.2, 0.25) is 0 Å². The van der Waals surface area contributed by atoms with Gasteiger partial charge < -0.3 is 5.32 Å². The van der Waals surface area contributed by atoms with Crippen molar-refractivity contribution in [1.82, 2.24) is 15.5 Å². The molecule has 0 aromatic carbocycles. The van der Waals surface area contributed by atoms with E-state index in [-0.39, 0.29) is 0 Å². The first kappa shape index (κ1) is 8.62. The first-order valence-electron chi connectivity index (χ1n) is 3.63. The molecule has 0 aliphatic carbocycles. The Balaban J connectivity index is 2.41. The molecule has 1 atom stereocenters. The first-order valence-corrected chi connectivity index (χ1v) is 4.26. The molecule has 0 aliphatic rings. The normalized spacial score (nSPS) is 13.3. The fraction of sp³-hybridized carbons (Fsp3) is 0.571. The molecular weight excluding hydrogens is 158 g/mol. The number of likely N-dealkylation sites (N-methyl/N-ethyl adjacent to an activating group) is 1. The summed E-state index contributed by atoms with van der Waals surface area (Å²) in [6.07, 6.45) is 2.72. The first-order chi connectivity index (χ1) is 5.36. The lowest BCUT2D eigenvalue weighted by Gasteiger charge is -2.10. The summed E-state index contributed by atoms with van der Waals surface area (Å²) in [5, 5.41) is 9.94. The third-order valence-electron chi connectivity index (χ3n) is 1.65. The van der Waals surface area contributed by atoms with Crippen molar-refractivity contribution in [2.24, 2.45) is 0 Å². The van der Waals surface area contributed by atoms with Crippen molar-refractivity contribution in [2.75, 3.05) is 12.8 Å². The average molecular weight is 171 g/mol. The second-order valence-electron chi connectivity index (χ2n) is 2.45. The summed E-state index contributed by atoms with van der Waals surface area (Å²) in [7, 11) is 1.94. The van der Waals surface area contributed by atoms with E-state index >= 15 is 0 Å². The van der Waals surface area contributed by atoms with Gasteiger partial charge >= 0.3 is 0 Å². The number of rotatable bonds is 4. The predicted molar refractivity (Wildman–Crippen MR) is 49.0 cm³/mol. The van der Waals surface area contributed by atoms with Crippen LogP contribution in [-0.2, 0) is 6.42 Å². The number of nitrogens with zero attached hydrogens (tertiary/aromatic N) is 1. The van der Waals surface area contributed by atoms with Gasteiger partial charge in [0.1, 0.15) is 0 Å². The third-order valence-corrected chi connectivity index (χ3v) is 2.09. The number of aromatic amines is 1. The van der Waals surface area contributed by atoms with Gasteiger partial charge in [0.05, 0.1) is 0 Å². The van der Waals surface area contributed by atoms with Crippen molar-refractivity contribution in [3.63, 3.8) is 0 Å². The number of hydrogen-bond donors (Lipinski definition) is 3. The fourth-order valence-corrected chi connectivity index (χ4v) is 1.23. The van der Waals surface area contributed by atoms with Crippen LogP contribution in [0.25, 0.3) is 0 Å². The monoisotopic (exact) mass is 171 g/mol. The summed E-state index contributed by atoms with van der Waals surface area (Å²) in [5.41, 5.74) is 1.15. The largest absolute Gasteiger partial charge is 0.316 e. The van der Waals surface area contributed by atoms with E-state index < -0.39 is 0 Å². The minimum Gasteiger partial charge on any atom is -0.316 e. The zero-order valence-corrected chi connectivity index (χ0v) is 7.44. The van der Waals surface area contributed by atoms with Crippen LogP contribution in [0, 0.1) is 0 Å². The van der Waals surface area contributed by atoms with Crippen LogP contribution in [0.1, 0.15) is 5.69 Å². The van der Waals surface area contributed by atoms with Gasteiger partial charge in [0.15, 0.2) is 0 Å². The van der Waals surface area contributed by atoms with E-state index in [0.29, 0.717) is 6.04 Å². The maximum Gasteiger partial charge on any atom is 0.0490 e. The lowest BCUT2D eigenvalue weighted by molar-refractivity contribution is 0.609. The summed E-state index contributed by atoms with van der Waals surface area (Å²) in [6, 6.07) is 2.41. The maximum absolute atomic E-state index is 4.21. The molecule has 1 aromatic rings. The second kappa shape index (κ2) is 4.41. The third kappa shape index (κ3) is 2.55.